The number of nitrogens with zero attached hydrogens (tertiary/aromatic N) is 1. The summed E-state index contributed by atoms with van der Waals surface area (Å²) < 4.78 is 0. The molecule has 0 aliphatic heterocycles. The smallest absolute Gasteiger partial charge is 0.159 e. The van der Waals surface area contributed by atoms with Gasteiger partial charge in [0.25, 0.3) is 0 Å². The molecule has 3 nitrogen and oxygen atoms in total. The number of rotatable bonds is 3. The Morgan fingerprint density at radius 3 is 2.52 bits per heavy atom. The molecule has 1 aliphatic rings. The quantitative estimate of drug-likeness (QED) is 0.629. The number of halogens is 2. The first-order chi connectivity index (χ1) is 9.14. The van der Waals surface area contributed by atoms with E-state index in [0.717, 1.165) is 24.3 Å². The van der Waals surface area contributed by atoms with Gasteiger partial charge in [0.2, 0.25) is 0 Å². The predicted octanol–water partition coefficient (Wildman–Crippen LogP) is 4.35. The summed E-state index contributed by atoms with van der Waals surface area (Å²) in [6.45, 7) is 2.07. The van der Waals surface area contributed by atoms with Gasteiger partial charge >= 0.3 is 0 Å². The highest BCUT2D eigenvalue weighted by atomic mass is 35.5. The van der Waals surface area contributed by atoms with Crippen molar-refractivity contribution in [3.63, 3.8) is 0 Å². The zero-order valence-electron chi connectivity index (χ0n) is 12.4. The Balaban J connectivity index is 0.00000200. The molecule has 1 aliphatic carbocycles. The number of aliphatic imine (C=N–C) groups is 1. The van der Waals surface area contributed by atoms with Gasteiger partial charge in [-0.05, 0) is 36.3 Å². The second-order valence-corrected chi connectivity index (χ2v) is 6.43. The lowest BCUT2D eigenvalue weighted by Gasteiger charge is -2.34. The molecule has 0 radical (unpaired) electrons. The van der Waals surface area contributed by atoms with Crippen LogP contribution in [0.4, 0.5) is 5.69 Å². The zero-order valence-corrected chi connectivity index (χ0v) is 14.8. The van der Waals surface area contributed by atoms with Gasteiger partial charge in [-0.2, -0.15) is 0 Å². The Bertz CT molecular complexity index is 460. The lowest BCUT2D eigenvalue weighted by molar-refractivity contribution is 0.302. The van der Waals surface area contributed by atoms with E-state index in [1.54, 1.807) is 11.8 Å². The molecule has 21 heavy (non-hydrogen) atoms. The van der Waals surface area contributed by atoms with Crippen molar-refractivity contribution in [2.75, 3.05) is 5.75 Å². The van der Waals surface area contributed by atoms with Crippen LogP contribution in [0.3, 0.4) is 0 Å². The number of amidine groups is 1. The van der Waals surface area contributed by atoms with Crippen molar-refractivity contribution in [2.24, 2.45) is 16.5 Å². The molecule has 6 heteroatoms. The zero-order chi connectivity index (χ0) is 13.7. The van der Waals surface area contributed by atoms with Crippen LogP contribution in [-0.4, -0.2) is 10.9 Å². The van der Waals surface area contributed by atoms with Gasteiger partial charge < -0.3 is 11.5 Å². The second-order valence-electron chi connectivity index (χ2n) is 5.15. The number of nitrogens with two attached hydrogens (primary N) is 2. The average Bonchev–Trinajstić information content (AvgIpc) is 2.40. The summed E-state index contributed by atoms with van der Waals surface area (Å²) in [5.74, 6) is 0.940. The Hall–Kier alpha value is -0.420. The van der Waals surface area contributed by atoms with Crippen LogP contribution in [0.2, 0.25) is 0 Å². The molecule has 0 aromatic heterocycles. The number of hydrogen-bond donors (Lipinski definition) is 2. The first kappa shape index (κ1) is 20.6. The maximum absolute atomic E-state index is 6.55. The molecular weight excluding hydrogens is 325 g/mol. The van der Waals surface area contributed by atoms with E-state index in [0.29, 0.717) is 5.17 Å². The summed E-state index contributed by atoms with van der Waals surface area (Å²) in [4.78, 5) is 4.44. The molecule has 1 saturated carbocycles. The third kappa shape index (κ3) is 5.70. The minimum Gasteiger partial charge on any atom is -0.378 e. The Morgan fingerprint density at radius 2 is 1.90 bits per heavy atom. The number of hydrogen-bond acceptors (Lipinski definition) is 3. The van der Waals surface area contributed by atoms with Gasteiger partial charge in [0.05, 0.1) is 5.69 Å². The fraction of sp³-hybridized carbons (Fsp3) is 0.533. The minimum absolute atomic E-state index is 0. The van der Waals surface area contributed by atoms with Crippen molar-refractivity contribution in [3.05, 3.63) is 29.8 Å². The van der Waals surface area contributed by atoms with E-state index in [-0.39, 0.29) is 30.4 Å². The number of thioether (sulfide) groups is 1. The fourth-order valence-electron chi connectivity index (χ4n) is 2.66. The van der Waals surface area contributed by atoms with Gasteiger partial charge in [-0.25, -0.2) is 4.99 Å². The molecular formula is C15H25Cl2N3S. The largest absolute Gasteiger partial charge is 0.378 e. The monoisotopic (exact) mass is 349 g/mol. The van der Waals surface area contributed by atoms with Gasteiger partial charge in [-0.1, -0.05) is 50.1 Å². The van der Waals surface area contributed by atoms with Crippen molar-refractivity contribution in [1.82, 2.24) is 0 Å². The molecule has 0 spiro atoms. The van der Waals surface area contributed by atoms with Gasteiger partial charge in [-0.15, -0.1) is 24.8 Å². The normalized spacial score (nSPS) is 17.5. The maximum Gasteiger partial charge on any atom is 0.159 e. The highest BCUT2D eigenvalue weighted by Crippen LogP contribution is 2.35. The van der Waals surface area contributed by atoms with Gasteiger partial charge in [0.15, 0.2) is 5.17 Å². The molecule has 0 bridgehead atoms. The lowest BCUT2D eigenvalue weighted by atomic mass is 9.77. The van der Waals surface area contributed by atoms with E-state index in [2.05, 4.69) is 24.0 Å². The van der Waals surface area contributed by atoms with Crippen LogP contribution in [-0.2, 0) is 5.54 Å². The summed E-state index contributed by atoms with van der Waals surface area (Å²) in [6.07, 6.45) is 5.88. The van der Waals surface area contributed by atoms with Crippen LogP contribution < -0.4 is 11.5 Å². The molecule has 0 amide bonds. The molecule has 0 heterocycles. The molecule has 0 atom stereocenters. The van der Waals surface area contributed by atoms with Crippen molar-refractivity contribution in [3.8, 4) is 0 Å². The minimum atomic E-state index is -0.170. The molecule has 120 valence electrons. The van der Waals surface area contributed by atoms with Crippen LogP contribution in [0.1, 0.15) is 44.6 Å². The average molecular weight is 350 g/mol. The lowest BCUT2D eigenvalue weighted by Crippen LogP contribution is -2.38. The van der Waals surface area contributed by atoms with Crippen molar-refractivity contribution < 1.29 is 0 Å². The van der Waals surface area contributed by atoms with Gasteiger partial charge in [0.1, 0.15) is 0 Å². The van der Waals surface area contributed by atoms with E-state index in [1.807, 2.05) is 12.1 Å². The van der Waals surface area contributed by atoms with E-state index in [9.17, 15) is 0 Å². The molecule has 1 fully saturated rings. The van der Waals surface area contributed by atoms with Crippen molar-refractivity contribution in [1.29, 1.82) is 0 Å². The third-order valence-electron chi connectivity index (χ3n) is 3.70. The Kier molecular flexibility index (Phi) is 9.38. The van der Waals surface area contributed by atoms with Crippen LogP contribution in [0.15, 0.2) is 29.3 Å². The van der Waals surface area contributed by atoms with Crippen LogP contribution >= 0.6 is 36.6 Å². The predicted molar refractivity (Wildman–Crippen MR) is 99.3 cm³/mol. The molecule has 4 N–H and O–H groups in total. The van der Waals surface area contributed by atoms with Crippen molar-refractivity contribution >= 4 is 47.4 Å². The molecule has 1 aromatic carbocycles. The fourth-order valence-corrected chi connectivity index (χ4v) is 3.13. The SMILES string of the molecule is CCSC(N)=Nc1cccc(C2(N)CCCCC2)c1.Cl.Cl. The summed E-state index contributed by atoms with van der Waals surface area (Å²) in [7, 11) is 0. The molecule has 1 aromatic rings. The molecule has 2 rings (SSSR count). The topological polar surface area (TPSA) is 64.4 Å². The second kappa shape index (κ2) is 9.57. The summed E-state index contributed by atoms with van der Waals surface area (Å²) in [5, 5.41) is 0.620. The number of benzene rings is 1. The Morgan fingerprint density at radius 1 is 1.24 bits per heavy atom. The molecule has 0 saturated heterocycles. The maximum atomic E-state index is 6.55. The van der Waals surface area contributed by atoms with E-state index in [4.69, 9.17) is 11.5 Å². The summed E-state index contributed by atoms with van der Waals surface area (Å²) in [5.41, 5.74) is 14.3. The van der Waals surface area contributed by atoms with Gasteiger partial charge in [0, 0.05) is 5.54 Å². The van der Waals surface area contributed by atoms with E-state index < -0.39 is 0 Å². The highest BCUT2D eigenvalue weighted by Gasteiger charge is 2.29. The van der Waals surface area contributed by atoms with Gasteiger partial charge in [-0.3, -0.25) is 0 Å². The molecule has 0 unspecified atom stereocenters. The summed E-state index contributed by atoms with van der Waals surface area (Å²) >= 11 is 1.56. The van der Waals surface area contributed by atoms with E-state index >= 15 is 0 Å². The standard InChI is InChI=1S/C15H23N3S.2ClH/c1-2-19-14(16)18-13-8-6-7-12(11-13)15(17)9-4-3-5-10-15;;/h6-8,11H,2-5,9-10,17H2,1H3,(H2,16,18);2*1H. The van der Waals surface area contributed by atoms with Crippen molar-refractivity contribution in [2.45, 2.75) is 44.6 Å². The first-order valence-electron chi connectivity index (χ1n) is 7.00. The highest BCUT2D eigenvalue weighted by molar-refractivity contribution is 8.13. The van der Waals surface area contributed by atoms with Crippen LogP contribution in [0.25, 0.3) is 0 Å². The van der Waals surface area contributed by atoms with Crippen LogP contribution in [0.5, 0.6) is 0 Å². The van der Waals surface area contributed by atoms with Crippen LogP contribution in [0, 0.1) is 0 Å². The van der Waals surface area contributed by atoms with E-state index in [1.165, 1.54) is 24.8 Å². The summed E-state index contributed by atoms with van der Waals surface area (Å²) in [6, 6.07) is 8.22. The first-order valence-corrected chi connectivity index (χ1v) is 7.99. The Labute approximate surface area is 144 Å². The third-order valence-corrected chi connectivity index (χ3v) is 4.37.